The zero-order chi connectivity index (χ0) is 16.6. The number of carbonyl (C=O) groups excluding carboxylic acids is 1. The summed E-state index contributed by atoms with van der Waals surface area (Å²) in [5.41, 5.74) is 8.59. The number of primary amides is 1. The van der Waals surface area contributed by atoms with Crippen LogP contribution in [0, 0.1) is 18.7 Å². The highest BCUT2D eigenvalue weighted by atomic mass is 19.1. The number of nitrogens with one attached hydrogen (secondary N) is 1. The van der Waals surface area contributed by atoms with Crippen molar-refractivity contribution in [2.45, 2.75) is 13.5 Å². The third-order valence-electron chi connectivity index (χ3n) is 4.72. The van der Waals surface area contributed by atoms with Gasteiger partial charge >= 0.3 is 0 Å². The van der Waals surface area contributed by atoms with Gasteiger partial charge in [0.2, 0.25) is 5.91 Å². The molecule has 5 nitrogen and oxygen atoms in total. The Balaban J connectivity index is 1.83. The third kappa shape index (κ3) is 3.38. The standard InChI is InChI=1S/C17H23FN4O/c1-11-14-7-13(18)3-4-15(14)20-16(11)10-22-6-5-21(2)8-12(9-22)17(19)23/h3-4,7,12,20H,5-6,8-10H2,1-2H3,(H2,19,23)/t12-/m0/s1. The number of carbonyl (C=O) groups is 1. The van der Waals surface area contributed by atoms with Crippen LogP contribution in [0.4, 0.5) is 4.39 Å². The summed E-state index contributed by atoms with van der Waals surface area (Å²) in [5.74, 6) is -0.639. The van der Waals surface area contributed by atoms with E-state index in [-0.39, 0.29) is 17.6 Å². The van der Waals surface area contributed by atoms with Crippen LogP contribution in [0.1, 0.15) is 11.3 Å². The maximum Gasteiger partial charge on any atom is 0.223 e. The van der Waals surface area contributed by atoms with Crippen LogP contribution < -0.4 is 5.73 Å². The van der Waals surface area contributed by atoms with Crippen molar-refractivity contribution in [3.63, 3.8) is 0 Å². The maximum absolute atomic E-state index is 13.4. The molecule has 2 heterocycles. The molecule has 1 aliphatic heterocycles. The summed E-state index contributed by atoms with van der Waals surface area (Å²) in [6, 6.07) is 4.79. The normalized spacial score (nSPS) is 20.7. The monoisotopic (exact) mass is 318 g/mol. The van der Waals surface area contributed by atoms with Crippen molar-refractivity contribution in [3.05, 3.63) is 35.3 Å². The molecule has 1 aromatic heterocycles. The van der Waals surface area contributed by atoms with Gasteiger partial charge in [-0.15, -0.1) is 0 Å². The van der Waals surface area contributed by atoms with Gasteiger partial charge in [0.15, 0.2) is 0 Å². The highest BCUT2D eigenvalue weighted by molar-refractivity contribution is 5.84. The van der Waals surface area contributed by atoms with Crippen LogP contribution in [-0.2, 0) is 11.3 Å². The number of aromatic amines is 1. The van der Waals surface area contributed by atoms with E-state index < -0.39 is 0 Å². The van der Waals surface area contributed by atoms with Crippen molar-refractivity contribution in [2.75, 3.05) is 33.2 Å². The van der Waals surface area contributed by atoms with Crippen molar-refractivity contribution in [3.8, 4) is 0 Å². The fourth-order valence-electron chi connectivity index (χ4n) is 3.30. The molecular formula is C17H23FN4O. The van der Waals surface area contributed by atoms with Gasteiger partial charge in [0.05, 0.1) is 5.92 Å². The molecule has 3 rings (SSSR count). The Morgan fingerprint density at radius 1 is 1.39 bits per heavy atom. The number of rotatable bonds is 3. The minimum Gasteiger partial charge on any atom is -0.369 e. The lowest BCUT2D eigenvalue weighted by Crippen LogP contribution is -2.37. The summed E-state index contributed by atoms with van der Waals surface area (Å²) in [7, 11) is 2.01. The van der Waals surface area contributed by atoms with Gasteiger partial charge < -0.3 is 15.6 Å². The Bertz CT molecular complexity index is 727. The van der Waals surface area contributed by atoms with Crippen LogP contribution in [0.25, 0.3) is 10.9 Å². The molecule has 1 saturated heterocycles. The molecule has 2 aromatic rings. The second-order valence-corrected chi connectivity index (χ2v) is 6.52. The molecule has 1 atom stereocenters. The van der Waals surface area contributed by atoms with Gasteiger partial charge in [-0.2, -0.15) is 0 Å². The smallest absolute Gasteiger partial charge is 0.223 e. The zero-order valence-corrected chi connectivity index (χ0v) is 13.6. The number of hydrogen-bond acceptors (Lipinski definition) is 3. The number of fused-ring (bicyclic) bond motifs is 1. The summed E-state index contributed by atoms with van der Waals surface area (Å²) in [5, 5.41) is 0.915. The van der Waals surface area contributed by atoms with Gasteiger partial charge in [-0.3, -0.25) is 9.69 Å². The van der Waals surface area contributed by atoms with Crippen LogP contribution in [-0.4, -0.2) is 53.9 Å². The zero-order valence-electron chi connectivity index (χ0n) is 13.6. The van der Waals surface area contributed by atoms with Crippen molar-refractivity contribution in [1.29, 1.82) is 0 Å². The van der Waals surface area contributed by atoms with E-state index in [2.05, 4.69) is 14.8 Å². The number of aryl methyl sites for hydroxylation is 1. The largest absolute Gasteiger partial charge is 0.369 e. The molecule has 1 aliphatic rings. The van der Waals surface area contributed by atoms with Crippen molar-refractivity contribution >= 4 is 16.8 Å². The van der Waals surface area contributed by atoms with Crippen molar-refractivity contribution in [1.82, 2.24) is 14.8 Å². The lowest BCUT2D eigenvalue weighted by molar-refractivity contribution is -0.122. The van der Waals surface area contributed by atoms with Crippen molar-refractivity contribution in [2.24, 2.45) is 11.7 Å². The van der Waals surface area contributed by atoms with E-state index in [0.29, 0.717) is 19.6 Å². The third-order valence-corrected chi connectivity index (χ3v) is 4.72. The number of nitrogens with two attached hydrogens (primary N) is 1. The summed E-state index contributed by atoms with van der Waals surface area (Å²) < 4.78 is 13.4. The van der Waals surface area contributed by atoms with E-state index in [4.69, 9.17) is 5.73 Å². The summed E-state index contributed by atoms with van der Waals surface area (Å²) >= 11 is 0. The van der Waals surface area contributed by atoms with Crippen LogP contribution in [0.5, 0.6) is 0 Å². The number of nitrogens with zero attached hydrogens (tertiary/aromatic N) is 2. The van der Waals surface area contributed by atoms with E-state index in [1.165, 1.54) is 6.07 Å². The minimum atomic E-state index is -0.251. The van der Waals surface area contributed by atoms with E-state index in [9.17, 15) is 9.18 Å². The van der Waals surface area contributed by atoms with Gasteiger partial charge in [0, 0.05) is 49.3 Å². The number of H-pyrrole nitrogens is 1. The second-order valence-electron chi connectivity index (χ2n) is 6.52. The number of halogens is 1. The second kappa shape index (κ2) is 6.29. The summed E-state index contributed by atoms with van der Waals surface area (Å²) in [6.07, 6.45) is 0. The summed E-state index contributed by atoms with van der Waals surface area (Å²) in [4.78, 5) is 19.4. The van der Waals surface area contributed by atoms with Crippen LogP contribution in [0.15, 0.2) is 18.2 Å². The minimum absolute atomic E-state index is 0.162. The quantitative estimate of drug-likeness (QED) is 0.900. The first-order valence-corrected chi connectivity index (χ1v) is 7.91. The molecule has 3 N–H and O–H groups in total. The van der Waals surface area contributed by atoms with E-state index in [1.807, 2.05) is 14.0 Å². The Labute approximate surface area is 135 Å². The van der Waals surface area contributed by atoms with Gasteiger partial charge in [0.25, 0.3) is 0 Å². The molecule has 0 saturated carbocycles. The predicted molar refractivity (Wildman–Crippen MR) is 88.5 cm³/mol. The Hall–Kier alpha value is -1.92. The molecule has 0 aliphatic carbocycles. The molecule has 0 unspecified atom stereocenters. The van der Waals surface area contributed by atoms with E-state index in [0.717, 1.165) is 35.2 Å². The Kier molecular flexibility index (Phi) is 4.37. The van der Waals surface area contributed by atoms with Gasteiger partial charge in [0.1, 0.15) is 5.82 Å². The highest BCUT2D eigenvalue weighted by Crippen LogP contribution is 2.24. The Morgan fingerprint density at radius 3 is 2.91 bits per heavy atom. The number of benzene rings is 1. The number of aromatic nitrogens is 1. The molecule has 0 spiro atoms. The molecule has 0 bridgehead atoms. The molecule has 23 heavy (non-hydrogen) atoms. The molecule has 124 valence electrons. The first-order chi connectivity index (χ1) is 10.9. The van der Waals surface area contributed by atoms with E-state index in [1.54, 1.807) is 12.1 Å². The fourth-order valence-corrected chi connectivity index (χ4v) is 3.30. The van der Waals surface area contributed by atoms with Crippen LogP contribution >= 0.6 is 0 Å². The fraction of sp³-hybridized carbons (Fsp3) is 0.471. The van der Waals surface area contributed by atoms with Gasteiger partial charge in [-0.1, -0.05) is 0 Å². The SMILES string of the molecule is Cc1c(CN2CCN(C)C[C@H](C(N)=O)C2)[nH]c2ccc(F)cc12. The molecule has 1 amide bonds. The number of amides is 1. The Morgan fingerprint density at radius 2 is 2.17 bits per heavy atom. The highest BCUT2D eigenvalue weighted by Gasteiger charge is 2.25. The molecule has 1 aromatic carbocycles. The van der Waals surface area contributed by atoms with Crippen LogP contribution in [0.3, 0.4) is 0 Å². The van der Waals surface area contributed by atoms with E-state index >= 15 is 0 Å². The molecular weight excluding hydrogens is 295 g/mol. The van der Waals surface area contributed by atoms with Crippen LogP contribution in [0.2, 0.25) is 0 Å². The first kappa shape index (κ1) is 16.0. The first-order valence-electron chi connectivity index (χ1n) is 7.91. The average molecular weight is 318 g/mol. The lowest BCUT2D eigenvalue weighted by Gasteiger charge is -2.22. The topological polar surface area (TPSA) is 65.4 Å². The predicted octanol–water partition coefficient (Wildman–Crippen LogP) is 1.46. The lowest BCUT2D eigenvalue weighted by atomic mass is 10.1. The molecule has 0 radical (unpaired) electrons. The number of likely N-dealkylation sites (N-methyl/N-ethyl adjacent to an activating group) is 1. The van der Waals surface area contributed by atoms with Gasteiger partial charge in [-0.25, -0.2) is 4.39 Å². The maximum atomic E-state index is 13.4. The van der Waals surface area contributed by atoms with Gasteiger partial charge in [-0.05, 0) is 37.7 Å². The molecule has 1 fully saturated rings. The number of hydrogen-bond donors (Lipinski definition) is 2. The average Bonchev–Trinajstić information content (AvgIpc) is 2.68. The molecule has 6 heteroatoms. The summed E-state index contributed by atoms with van der Waals surface area (Å²) in [6.45, 7) is 5.84. The van der Waals surface area contributed by atoms with Crippen molar-refractivity contribution < 1.29 is 9.18 Å².